The minimum atomic E-state index is 0.415. The number of halogens is 4. The highest BCUT2D eigenvalue weighted by Crippen LogP contribution is 2.26. The summed E-state index contributed by atoms with van der Waals surface area (Å²) in [5.41, 5.74) is 2.39. The lowest BCUT2D eigenvalue weighted by atomic mass is 10.2. The van der Waals surface area contributed by atoms with Crippen molar-refractivity contribution in [1.29, 1.82) is 0 Å². The molecule has 1 aromatic heterocycles. The molecule has 134 valence electrons. The summed E-state index contributed by atoms with van der Waals surface area (Å²) in [5.74, 6) is 0. The average Bonchev–Trinajstić information content (AvgIpc) is 3.00. The molecule has 2 N–H and O–H groups in total. The third-order valence-corrected chi connectivity index (χ3v) is 5.01. The summed E-state index contributed by atoms with van der Waals surface area (Å²) in [4.78, 5) is 0. The largest absolute Gasteiger partial charge is 0.331 e. The van der Waals surface area contributed by atoms with Crippen molar-refractivity contribution in [3.8, 4) is 0 Å². The van der Waals surface area contributed by atoms with Gasteiger partial charge in [-0.3, -0.25) is 4.68 Å². The lowest BCUT2D eigenvalue weighted by molar-refractivity contribution is 0.687. The van der Waals surface area contributed by atoms with E-state index in [0.29, 0.717) is 32.4 Å². The third-order valence-electron chi connectivity index (χ3n) is 3.42. The van der Waals surface area contributed by atoms with E-state index in [1.54, 1.807) is 29.1 Å². The number of benzene rings is 2. The van der Waals surface area contributed by atoms with Crippen LogP contribution in [0.1, 0.15) is 5.56 Å². The molecule has 0 radical (unpaired) electrons. The molecule has 3 aromatic rings. The fourth-order valence-electron chi connectivity index (χ4n) is 2.21. The second-order valence-corrected chi connectivity index (χ2v) is 7.94. The van der Waals surface area contributed by atoms with Crippen LogP contribution in [0.5, 0.6) is 0 Å². The van der Waals surface area contributed by atoms with Gasteiger partial charge >= 0.3 is 0 Å². The van der Waals surface area contributed by atoms with Gasteiger partial charge in [0.05, 0.1) is 29.1 Å². The number of hydrogen-bond donors (Lipinski definition) is 2. The van der Waals surface area contributed by atoms with Crippen molar-refractivity contribution in [3.05, 3.63) is 73.9 Å². The molecule has 0 aliphatic rings. The van der Waals surface area contributed by atoms with Crippen molar-refractivity contribution in [2.75, 3.05) is 10.6 Å². The summed E-state index contributed by atoms with van der Waals surface area (Å²) in [6.45, 7) is 0.524. The van der Waals surface area contributed by atoms with Gasteiger partial charge in [-0.15, -0.1) is 0 Å². The van der Waals surface area contributed by atoms with Crippen LogP contribution in [-0.2, 0) is 6.54 Å². The van der Waals surface area contributed by atoms with Gasteiger partial charge in [-0.25, -0.2) is 0 Å². The maximum Gasteiger partial charge on any atom is 0.175 e. The Balaban J connectivity index is 1.63. The zero-order chi connectivity index (χ0) is 18.7. The van der Waals surface area contributed by atoms with Gasteiger partial charge in [0.15, 0.2) is 5.11 Å². The fraction of sp³-hybridized carbons (Fsp3) is 0.0588. The lowest BCUT2D eigenvalue weighted by Crippen LogP contribution is -2.19. The lowest BCUT2D eigenvalue weighted by Gasteiger charge is -2.10. The van der Waals surface area contributed by atoms with Gasteiger partial charge in [-0.2, -0.15) is 5.10 Å². The van der Waals surface area contributed by atoms with Crippen LogP contribution in [-0.4, -0.2) is 14.9 Å². The Kier molecular flexibility index (Phi) is 6.42. The molecule has 0 atom stereocenters. The van der Waals surface area contributed by atoms with Crippen LogP contribution in [0.2, 0.25) is 15.1 Å². The van der Waals surface area contributed by atoms with Crippen LogP contribution >= 0.6 is 63.0 Å². The topological polar surface area (TPSA) is 41.9 Å². The minimum Gasteiger partial charge on any atom is -0.331 e. The predicted octanol–water partition coefficient (Wildman–Crippen LogP) is 6.46. The van der Waals surface area contributed by atoms with E-state index < -0.39 is 0 Å². The Morgan fingerprint density at radius 1 is 1.08 bits per heavy atom. The van der Waals surface area contributed by atoms with Gasteiger partial charge in [-0.1, -0.05) is 56.8 Å². The molecule has 0 saturated heterocycles. The molecule has 0 amide bonds. The monoisotopic (exact) mass is 488 g/mol. The molecule has 0 aliphatic heterocycles. The van der Waals surface area contributed by atoms with Crippen LogP contribution in [0.25, 0.3) is 0 Å². The van der Waals surface area contributed by atoms with Crippen LogP contribution < -0.4 is 10.6 Å². The summed E-state index contributed by atoms with van der Waals surface area (Å²) in [5, 5.41) is 12.6. The summed E-state index contributed by atoms with van der Waals surface area (Å²) >= 11 is 27.0. The van der Waals surface area contributed by atoms with E-state index in [-0.39, 0.29) is 0 Å². The Morgan fingerprint density at radius 2 is 1.88 bits per heavy atom. The van der Waals surface area contributed by atoms with E-state index >= 15 is 0 Å². The molecule has 0 saturated carbocycles. The number of aromatic nitrogens is 2. The maximum absolute atomic E-state index is 6.20. The SMILES string of the molecule is S=C(Nc1cnn(Cc2ccc(Cl)cc2Cl)c1)Nc1ccc(Br)cc1Cl. The first-order valence-corrected chi connectivity index (χ1v) is 9.73. The van der Waals surface area contributed by atoms with Crippen LogP contribution in [0.4, 0.5) is 11.4 Å². The summed E-state index contributed by atoms with van der Waals surface area (Å²) in [6, 6.07) is 10.9. The van der Waals surface area contributed by atoms with Crippen LogP contribution in [0.3, 0.4) is 0 Å². The van der Waals surface area contributed by atoms with Crippen molar-refractivity contribution in [2.24, 2.45) is 0 Å². The molecule has 0 fully saturated rings. The van der Waals surface area contributed by atoms with Crippen LogP contribution in [0.15, 0.2) is 53.3 Å². The molecule has 26 heavy (non-hydrogen) atoms. The van der Waals surface area contributed by atoms with E-state index in [9.17, 15) is 0 Å². The van der Waals surface area contributed by atoms with Crippen molar-refractivity contribution in [2.45, 2.75) is 6.54 Å². The zero-order valence-electron chi connectivity index (χ0n) is 13.1. The molecule has 4 nitrogen and oxygen atoms in total. The van der Waals surface area contributed by atoms with Crippen molar-refractivity contribution in [3.63, 3.8) is 0 Å². The molecular weight excluding hydrogens is 479 g/mol. The molecule has 0 aliphatic carbocycles. The summed E-state index contributed by atoms with van der Waals surface area (Å²) in [6.07, 6.45) is 3.52. The summed E-state index contributed by atoms with van der Waals surface area (Å²) in [7, 11) is 0. The highest BCUT2D eigenvalue weighted by atomic mass is 79.9. The second kappa shape index (κ2) is 8.59. The first-order chi connectivity index (χ1) is 12.4. The first-order valence-electron chi connectivity index (χ1n) is 7.40. The normalized spacial score (nSPS) is 10.6. The maximum atomic E-state index is 6.20. The molecule has 0 bridgehead atoms. The molecule has 0 spiro atoms. The molecule has 1 heterocycles. The number of rotatable bonds is 4. The smallest absolute Gasteiger partial charge is 0.175 e. The van der Waals surface area contributed by atoms with Gasteiger partial charge < -0.3 is 10.6 Å². The second-order valence-electron chi connectivity index (χ2n) is 5.37. The number of thiocarbonyl (C=S) groups is 1. The van der Waals surface area contributed by atoms with Gasteiger partial charge in [0.1, 0.15) is 0 Å². The van der Waals surface area contributed by atoms with Crippen LogP contribution in [0, 0.1) is 0 Å². The van der Waals surface area contributed by atoms with Crippen molar-refractivity contribution < 1.29 is 0 Å². The van der Waals surface area contributed by atoms with Crippen molar-refractivity contribution in [1.82, 2.24) is 9.78 Å². The van der Waals surface area contributed by atoms with E-state index in [1.807, 2.05) is 24.4 Å². The van der Waals surface area contributed by atoms with Crippen molar-refractivity contribution >= 4 is 79.4 Å². The van der Waals surface area contributed by atoms with Gasteiger partial charge in [-0.05, 0) is 48.1 Å². The minimum absolute atomic E-state index is 0.415. The third kappa shape index (κ3) is 5.11. The quantitative estimate of drug-likeness (QED) is 0.412. The number of anilines is 2. The average molecular weight is 491 g/mol. The van der Waals surface area contributed by atoms with Gasteiger partial charge in [0.25, 0.3) is 0 Å². The molecular formula is C17H12BrCl3N4S. The highest BCUT2D eigenvalue weighted by molar-refractivity contribution is 9.10. The van der Waals surface area contributed by atoms with E-state index in [2.05, 4.69) is 31.7 Å². The van der Waals surface area contributed by atoms with E-state index in [1.165, 1.54) is 0 Å². The number of hydrogen-bond acceptors (Lipinski definition) is 2. The molecule has 3 rings (SSSR count). The Labute approximate surface area is 179 Å². The Hall–Kier alpha value is -1.31. The zero-order valence-corrected chi connectivity index (χ0v) is 17.8. The van der Waals surface area contributed by atoms with Gasteiger partial charge in [0.2, 0.25) is 0 Å². The Bertz CT molecular complexity index is 961. The molecule has 9 heteroatoms. The number of nitrogens with one attached hydrogen (secondary N) is 2. The molecule has 0 unspecified atom stereocenters. The number of nitrogens with zero attached hydrogens (tertiary/aromatic N) is 2. The fourth-order valence-corrected chi connectivity index (χ4v) is 3.63. The summed E-state index contributed by atoms with van der Waals surface area (Å²) < 4.78 is 2.65. The van der Waals surface area contributed by atoms with E-state index in [4.69, 9.17) is 47.0 Å². The Morgan fingerprint density at radius 3 is 2.62 bits per heavy atom. The standard InChI is InChI=1S/C17H12BrCl3N4S/c18-11-2-4-16(15(21)5-11)24-17(26)23-13-7-22-25(9-13)8-10-1-3-12(19)6-14(10)20/h1-7,9H,8H2,(H2,23,24,26). The highest BCUT2D eigenvalue weighted by Gasteiger charge is 2.07. The molecule has 2 aromatic carbocycles. The first kappa shape index (κ1) is 19.5. The van der Waals surface area contributed by atoms with E-state index in [0.717, 1.165) is 15.7 Å². The predicted molar refractivity (Wildman–Crippen MR) is 117 cm³/mol. The van der Waals surface area contributed by atoms with Gasteiger partial charge in [0, 0.05) is 20.7 Å².